The highest BCUT2D eigenvalue weighted by Crippen LogP contribution is 2.41. The highest BCUT2D eigenvalue weighted by atomic mass is 32.2. The Morgan fingerprint density at radius 1 is 1.09 bits per heavy atom. The van der Waals surface area contributed by atoms with Crippen molar-refractivity contribution in [3.63, 3.8) is 0 Å². The van der Waals surface area contributed by atoms with Crippen LogP contribution in [0.5, 0.6) is 0 Å². The first-order valence-electron chi connectivity index (χ1n) is 7.44. The second-order valence-corrected chi connectivity index (χ2v) is 8.92. The van der Waals surface area contributed by atoms with Gasteiger partial charge in [0.05, 0.1) is 9.81 Å². The third-order valence-corrected chi connectivity index (χ3v) is 6.51. The van der Waals surface area contributed by atoms with Crippen molar-refractivity contribution in [2.45, 2.75) is 32.3 Å². The van der Waals surface area contributed by atoms with Crippen molar-refractivity contribution >= 4 is 29.5 Å². The predicted octanol–water partition coefficient (Wildman–Crippen LogP) is 4.83. The standard InChI is InChI=1S/C18H20O2S2/c1-18(2,3)13-6-4-12(5-7-13)15-9-8-14(16(19)20-15)17-21-10-11-22-17/h4-9,15H,10-11H2,1-3H3. The summed E-state index contributed by atoms with van der Waals surface area (Å²) in [5.74, 6) is 1.94. The lowest BCUT2D eigenvalue weighted by Crippen LogP contribution is -2.16. The van der Waals surface area contributed by atoms with Crippen molar-refractivity contribution in [3.8, 4) is 0 Å². The average molecular weight is 332 g/mol. The van der Waals surface area contributed by atoms with E-state index < -0.39 is 0 Å². The van der Waals surface area contributed by atoms with E-state index in [1.165, 1.54) is 5.56 Å². The Morgan fingerprint density at radius 2 is 1.73 bits per heavy atom. The number of benzene rings is 1. The van der Waals surface area contributed by atoms with Crippen LogP contribution in [0.3, 0.4) is 0 Å². The quantitative estimate of drug-likeness (QED) is 0.543. The minimum atomic E-state index is -0.276. The van der Waals surface area contributed by atoms with Gasteiger partial charge in [0.25, 0.3) is 0 Å². The summed E-state index contributed by atoms with van der Waals surface area (Å²) < 4.78 is 6.71. The van der Waals surface area contributed by atoms with Crippen LogP contribution in [0.2, 0.25) is 0 Å². The van der Waals surface area contributed by atoms with Gasteiger partial charge in [0.2, 0.25) is 0 Å². The summed E-state index contributed by atoms with van der Waals surface area (Å²) in [6, 6.07) is 8.35. The van der Waals surface area contributed by atoms with Crippen LogP contribution in [-0.4, -0.2) is 17.5 Å². The van der Waals surface area contributed by atoms with Gasteiger partial charge in [0, 0.05) is 11.5 Å². The molecule has 0 bridgehead atoms. The van der Waals surface area contributed by atoms with E-state index in [2.05, 4.69) is 45.0 Å². The maximum Gasteiger partial charge on any atom is 0.340 e. The first-order chi connectivity index (χ1) is 10.4. The molecule has 1 saturated heterocycles. The molecule has 1 unspecified atom stereocenters. The lowest BCUT2D eigenvalue weighted by atomic mass is 9.86. The van der Waals surface area contributed by atoms with Gasteiger partial charge < -0.3 is 4.74 Å². The zero-order valence-corrected chi connectivity index (χ0v) is 14.7. The summed E-state index contributed by atoms with van der Waals surface area (Å²) in [4.78, 5) is 12.2. The van der Waals surface area contributed by atoms with Crippen LogP contribution < -0.4 is 0 Å². The molecule has 1 aromatic rings. The van der Waals surface area contributed by atoms with Crippen molar-refractivity contribution in [3.05, 3.63) is 57.4 Å². The molecule has 116 valence electrons. The van der Waals surface area contributed by atoms with Gasteiger partial charge in [-0.05, 0) is 28.7 Å². The molecule has 0 radical (unpaired) electrons. The fourth-order valence-electron chi connectivity index (χ4n) is 2.44. The molecule has 0 spiro atoms. The molecule has 0 amide bonds. The highest BCUT2D eigenvalue weighted by molar-refractivity contribution is 8.25. The summed E-state index contributed by atoms with van der Waals surface area (Å²) in [7, 11) is 0. The maximum absolute atomic E-state index is 12.2. The van der Waals surface area contributed by atoms with E-state index in [4.69, 9.17) is 4.74 Å². The first kappa shape index (κ1) is 15.8. The Hall–Kier alpha value is -1.13. The summed E-state index contributed by atoms with van der Waals surface area (Å²) in [5.41, 5.74) is 3.15. The van der Waals surface area contributed by atoms with Crippen LogP contribution in [0.15, 0.2) is 46.2 Å². The summed E-state index contributed by atoms with van der Waals surface area (Å²) in [6.07, 6.45) is 3.63. The number of hydrogen-bond acceptors (Lipinski definition) is 4. The number of hydrogen-bond donors (Lipinski definition) is 0. The molecule has 1 fully saturated rings. The van der Waals surface area contributed by atoms with E-state index in [-0.39, 0.29) is 17.5 Å². The second-order valence-electron chi connectivity index (χ2n) is 6.46. The van der Waals surface area contributed by atoms with Gasteiger partial charge in [-0.1, -0.05) is 45.0 Å². The molecule has 2 heterocycles. The fourth-order valence-corrected chi connectivity index (χ4v) is 4.92. The van der Waals surface area contributed by atoms with Crippen molar-refractivity contribution < 1.29 is 9.53 Å². The third-order valence-electron chi connectivity index (χ3n) is 3.77. The Labute approximate surface area is 140 Å². The number of esters is 1. The predicted molar refractivity (Wildman–Crippen MR) is 95.1 cm³/mol. The normalized spacial score (nSPS) is 22.1. The van der Waals surface area contributed by atoms with Gasteiger partial charge in [-0.25, -0.2) is 4.79 Å². The third kappa shape index (κ3) is 3.28. The molecule has 1 atom stereocenters. The van der Waals surface area contributed by atoms with Gasteiger partial charge in [0.1, 0.15) is 6.10 Å². The Bertz CT molecular complexity index is 628. The molecule has 4 heteroatoms. The number of rotatable bonds is 1. The SMILES string of the molecule is CC(C)(C)c1ccc(C2C=CC(=C3SCCS3)C(=O)O2)cc1. The summed E-state index contributed by atoms with van der Waals surface area (Å²) in [5, 5.41) is 0. The van der Waals surface area contributed by atoms with Crippen LogP contribution in [0.1, 0.15) is 38.0 Å². The van der Waals surface area contributed by atoms with Crippen LogP contribution in [0, 0.1) is 0 Å². The topological polar surface area (TPSA) is 26.3 Å². The monoisotopic (exact) mass is 332 g/mol. The van der Waals surface area contributed by atoms with Gasteiger partial charge in [-0.3, -0.25) is 0 Å². The van der Waals surface area contributed by atoms with Gasteiger partial charge >= 0.3 is 5.97 Å². The molecule has 1 aromatic carbocycles. The Balaban J connectivity index is 1.81. The number of ether oxygens (including phenoxy) is 1. The molecule has 0 N–H and O–H groups in total. The molecule has 0 aliphatic carbocycles. The zero-order chi connectivity index (χ0) is 15.7. The van der Waals surface area contributed by atoms with Crippen molar-refractivity contribution in [1.29, 1.82) is 0 Å². The van der Waals surface area contributed by atoms with E-state index in [0.717, 1.165) is 26.9 Å². The molecular formula is C18H20O2S2. The van der Waals surface area contributed by atoms with Crippen LogP contribution in [-0.2, 0) is 14.9 Å². The highest BCUT2D eigenvalue weighted by Gasteiger charge is 2.26. The maximum atomic E-state index is 12.2. The number of carbonyl (C=O) groups excluding carboxylic acids is 1. The lowest BCUT2D eigenvalue weighted by Gasteiger charge is -2.22. The fraction of sp³-hybridized carbons (Fsp3) is 0.389. The average Bonchev–Trinajstić information content (AvgIpc) is 3.00. The smallest absolute Gasteiger partial charge is 0.340 e. The Kier molecular flexibility index (Phi) is 4.42. The minimum absolute atomic E-state index is 0.131. The summed E-state index contributed by atoms with van der Waals surface area (Å²) >= 11 is 3.49. The van der Waals surface area contributed by atoms with Crippen molar-refractivity contribution in [2.24, 2.45) is 0 Å². The number of thioether (sulfide) groups is 2. The minimum Gasteiger partial charge on any atom is -0.450 e. The Morgan fingerprint density at radius 3 is 2.27 bits per heavy atom. The van der Waals surface area contributed by atoms with Gasteiger partial charge in [-0.2, -0.15) is 0 Å². The number of carbonyl (C=O) groups is 1. The molecule has 2 nitrogen and oxygen atoms in total. The molecule has 0 aromatic heterocycles. The van der Waals surface area contributed by atoms with E-state index >= 15 is 0 Å². The van der Waals surface area contributed by atoms with E-state index in [1.807, 2.05) is 12.2 Å². The first-order valence-corrected chi connectivity index (χ1v) is 9.42. The van der Waals surface area contributed by atoms with Gasteiger partial charge in [-0.15, -0.1) is 23.5 Å². The van der Waals surface area contributed by atoms with Crippen molar-refractivity contribution in [2.75, 3.05) is 11.5 Å². The van der Waals surface area contributed by atoms with E-state index in [9.17, 15) is 4.79 Å². The summed E-state index contributed by atoms with van der Waals surface area (Å²) in [6.45, 7) is 6.58. The molecule has 22 heavy (non-hydrogen) atoms. The van der Waals surface area contributed by atoms with Crippen LogP contribution in [0.4, 0.5) is 0 Å². The molecule has 3 rings (SSSR count). The van der Waals surface area contributed by atoms with Crippen LogP contribution in [0.25, 0.3) is 0 Å². The molecule has 0 saturated carbocycles. The number of cyclic esters (lactones) is 1. The van der Waals surface area contributed by atoms with E-state index in [0.29, 0.717) is 0 Å². The second kappa shape index (κ2) is 6.17. The van der Waals surface area contributed by atoms with Gasteiger partial charge in [0.15, 0.2) is 0 Å². The lowest BCUT2D eigenvalue weighted by molar-refractivity contribution is -0.142. The van der Waals surface area contributed by atoms with Crippen LogP contribution >= 0.6 is 23.5 Å². The molecule has 2 aliphatic rings. The molecule has 2 aliphatic heterocycles. The zero-order valence-electron chi connectivity index (χ0n) is 13.1. The largest absolute Gasteiger partial charge is 0.450 e. The molecular weight excluding hydrogens is 312 g/mol. The van der Waals surface area contributed by atoms with Crippen molar-refractivity contribution in [1.82, 2.24) is 0 Å². The van der Waals surface area contributed by atoms with E-state index in [1.54, 1.807) is 23.5 Å².